The van der Waals surface area contributed by atoms with Crippen LogP contribution in [0.1, 0.15) is 25.0 Å². The van der Waals surface area contributed by atoms with E-state index in [1.807, 2.05) is 42.5 Å². The summed E-state index contributed by atoms with van der Waals surface area (Å²) in [5, 5.41) is 2.52. The number of fused-ring (bicyclic) bond motifs is 6. The quantitative estimate of drug-likeness (QED) is 0.204. The SMILES string of the molecule is CC1(C)c2ccccc2-c2cc3c(cc21)c1ccccc1n3-c1ccc(-c2nc(-c3ccccc3)nc(-c3cccnc3)n2)cc1. The highest BCUT2D eigenvalue weighted by Crippen LogP contribution is 2.50. The topological polar surface area (TPSA) is 56.5 Å². The third-order valence-corrected chi connectivity index (χ3v) is 9.35. The summed E-state index contributed by atoms with van der Waals surface area (Å²) in [7, 11) is 0. The molecule has 5 heteroatoms. The molecule has 1 aliphatic rings. The van der Waals surface area contributed by atoms with Crippen LogP contribution in [0.15, 0.2) is 140 Å². The number of benzene rings is 5. The van der Waals surface area contributed by atoms with Crippen LogP contribution in [-0.4, -0.2) is 24.5 Å². The van der Waals surface area contributed by atoms with E-state index < -0.39 is 0 Å². The van der Waals surface area contributed by atoms with E-state index in [0.29, 0.717) is 17.5 Å². The minimum atomic E-state index is -0.0528. The van der Waals surface area contributed by atoms with Gasteiger partial charge in [-0.25, -0.2) is 15.0 Å². The number of hydrogen-bond acceptors (Lipinski definition) is 4. The van der Waals surface area contributed by atoms with Crippen molar-refractivity contribution >= 4 is 21.8 Å². The Hall–Kier alpha value is -5.94. The smallest absolute Gasteiger partial charge is 0.165 e. The van der Waals surface area contributed by atoms with Crippen LogP contribution in [-0.2, 0) is 5.41 Å². The fraction of sp³-hybridized carbons (Fsp3) is 0.0732. The van der Waals surface area contributed by atoms with Gasteiger partial charge in [0.1, 0.15) is 0 Å². The van der Waals surface area contributed by atoms with Crippen molar-refractivity contribution in [3.05, 3.63) is 151 Å². The van der Waals surface area contributed by atoms with Gasteiger partial charge in [0.2, 0.25) is 0 Å². The van der Waals surface area contributed by atoms with Crippen LogP contribution in [0.5, 0.6) is 0 Å². The monoisotopic (exact) mass is 591 g/mol. The lowest BCUT2D eigenvalue weighted by molar-refractivity contribution is 0.661. The zero-order valence-electron chi connectivity index (χ0n) is 25.5. The highest BCUT2D eigenvalue weighted by atomic mass is 15.0. The van der Waals surface area contributed by atoms with Gasteiger partial charge in [0.05, 0.1) is 11.0 Å². The van der Waals surface area contributed by atoms with E-state index in [4.69, 9.17) is 15.0 Å². The van der Waals surface area contributed by atoms with E-state index in [-0.39, 0.29) is 5.41 Å². The molecule has 9 rings (SSSR count). The van der Waals surface area contributed by atoms with Crippen LogP contribution in [0.2, 0.25) is 0 Å². The zero-order chi connectivity index (χ0) is 30.8. The number of aromatic nitrogens is 5. The molecule has 3 heterocycles. The van der Waals surface area contributed by atoms with Crippen molar-refractivity contribution < 1.29 is 0 Å². The Morgan fingerprint density at radius 1 is 0.500 bits per heavy atom. The first kappa shape index (κ1) is 26.5. The molecular formula is C41H29N5. The normalized spacial score (nSPS) is 13.2. The summed E-state index contributed by atoms with van der Waals surface area (Å²) in [5.41, 5.74) is 11.5. The lowest BCUT2D eigenvalue weighted by atomic mass is 9.82. The van der Waals surface area contributed by atoms with Crippen molar-refractivity contribution in [2.75, 3.05) is 0 Å². The van der Waals surface area contributed by atoms with Gasteiger partial charge in [0, 0.05) is 51.0 Å². The molecule has 0 N–H and O–H groups in total. The maximum atomic E-state index is 4.92. The van der Waals surface area contributed by atoms with Gasteiger partial charge >= 0.3 is 0 Å². The largest absolute Gasteiger partial charge is 0.309 e. The number of nitrogens with zero attached hydrogens (tertiary/aromatic N) is 5. The Morgan fingerprint density at radius 3 is 1.91 bits per heavy atom. The van der Waals surface area contributed by atoms with Crippen LogP contribution >= 0.6 is 0 Å². The zero-order valence-corrected chi connectivity index (χ0v) is 25.5. The summed E-state index contributed by atoms with van der Waals surface area (Å²) >= 11 is 0. The fourth-order valence-corrected chi connectivity index (χ4v) is 7.05. The van der Waals surface area contributed by atoms with E-state index in [0.717, 1.165) is 22.4 Å². The lowest BCUT2D eigenvalue weighted by Crippen LogP contribution is -2.14. The van der Waals surface area contributed by atoms with E-state index in [2.05, 4.69) is 108 Å². The predicted molar refractivity (Wildman–Crippen MR) is 186 cm³/mol. The van der Waals surface area contributed by atoms with E-state index >= 15 is 0 Å². The first-order chi connectivity index (χ1) is 22.6. The Bertz CT molecular complexity index is 2370. The summed E-state index contributed by atoms with van der Waals surface area (Å²) in [6, 6.07) is 44.8. The van der Waals surface area contributed by atoms with Crippen molar-refractivity contribution in [3.8, 4) is 51.0 Å². The summed E-state index contributed by atoms with van der Waals surface area (Å²) in [6.45, 7) is 4.68. The number of pyridine rings is 1. The van der Waals surface area contributed by atoms with Gasteiger partial charge in [-0.05, 0) is 76.9 Å². The molecule has 0 unspecified atom stereocenters. The van der Waals surface area contributed by atoms with E-state index in [1.165, 1.54) is 44.1 Å². The molecular weight excluding hydrogens is 562 g/mol. The van der Waals surface area contributed by atoms with Crippen LogP contribution in [0.25, 0.3) is 72.8 Å². The van der Waals surface area contributed by atoms with Crippen molar-refractivity contribution in [1.82, 2.24) is 24.5 Å². The van der Waals surface area contributed by atoms with Gasteiger partial charge in [-0.3, -0.25) is 4.98 Å². The standard InChI is InChI=1S/C41H29N5/c1-41(2)34-16-8-6-14-30(34)32-24-37-33(23-35(32)41)31-15-7-9-17-36(31)46(37)29-20-18-27(19-21-29)39-43-38(26-11-4-3-5-12-26)44-40(45-39)28-13-10-22-42-25-28/h3-25H,1-2H3. The summed E-state index contributed by atoms with van der Waals surface area (Å²) in [5.74, 6) is 1.85. The minimum absolute atomic E-state index is 0.0528. The second-order valence-electron chi connectivity index (χ2n) is 12.4. The molecule has 1 aliphatic carbocycles. The van der Waals surface area contributed by atoms with Crippen molar-refractivity contribution in [1.29, 1.82) is 0 Å². The third kappa shape index (κ3) is 4.02. The molecule has 0 saturated carbocycles. The Balaban J connectivity index is 1.21. The van der Waals surface area contributed by atoms with Gasteiger partial charge in [-0.15, -0.1) is 0 Å². The summed E-state index contributed by atoms with van der Waals surface area (Å²) in [4.78, 5) is 18.9. The van der Waals surface area contributed by atoms with Crippen molar-refractivity contribution in [2.24, 2.45) is 0 Å². The Labute approximate surface area is 266 Å². The van der Waals surface area contributed by atoms with Crippen LogP contribution in [0.4, 0.5) is 0 Å². The van der Waals surface area contributed by atoms with Crippen molar-refractivity contribution in [2.45, 2.75) is 19.3 Å². The predicted octanol–water partition coefficient (Wildman–Crippen LogP) is 9.67. The highest BCUT2D eigenvalue weighted by molar-refractivity contribution is 6.11. The molecule has 0 saturated heterocycles. The lowest BCUT2D eigenvalue weighted by Gasteiger charge is -2.21. The molecule has 0 fully saturated rings. The third-order valence-electron chi connectivity index (χ3n) is 9.35. The maximum Gasteiger partial charge on any atom is 0.165 e. The highest BCUT2D eigenvalue weighted by Gasteiger charge is 2.36. The molecule has 5 aromatic carbocycles. The first-order valence-electron chi connectivity index (χ1n) is 15.6. The van der Waals surface area contributed by atoms with Gasteiger partial charge in [-0.1, -0.05) is 86.6 Å². The van der Waals surface area contributed by atoms with E-state index in [9.17, 15) is 0 Å². The first-order valence-corrected chi connectivity index (χ1v) is 15.6. The fourth-order valence-electron chi connectivity index (χ4n) is 7.05. The average molecular weight is 592 g/mol. The Morgan fingerprint density at radius 2 is 1.15 bits per heavy atom. The molecule has 0 atom stereocenters. The molecule has 0 aliphatic heterocycles. The van der Waals surface area contributed by atoms with Gasteiger partial charge < -0.3 is 4.57 Å². The van der Waals surface area contributed by atoms with E-state index in [1.54, 1.807) is 12.4 Å². The second kappa shape index (κ2) is 10.0. The molecule has 0 bridgehead atoms. The van der Waals surface area contributed by atoms with Crippen LogP contribution < -0.4 is 0 Å². The second-order valence-corrected chi connectivity index (χ2v) is 12.4. The average Bonchev–Trinajstić information content (AvgIpc) is 3.56. The molecule has 0 radical (unpaired) electrons. The molecule has 0 spiro atoms. The molecule has 8 aromatic rings. The number of para-hydroxylation sites is 1. The molecule has 5 nitrogen and oxygen atoms in total. The van der Waals surface area contributed by atoms with Gasteiger partial charge in [0.15, 0.2) is 17.5 Å². The summed E-state index contributed by atoms with van der Waals surface area (Å²) in [6.07, 6.45) is 3.54. The summed E-state index contributed by atoms with van der Waals surface area (Å²) < 4.78 is 2.38. The van der Waals surface area contributed by atoms with Crippen LogP contribution in [0, 0.1) is 0 Å². The molecule has 0 amide bonds. The number of rotatable bonds is 4. The molecule has 46 heavy (non-hydrogen) atoms. The Kier molecular flexibility index (Phi) is 5.78. The maximum absolute atomic E-state index is 4.92. The molecule has 3 aromatic heterocycles. The number of hydrogen-bond donors (Lipinski definition) is 0. The van der Waals surface area contributed by atoms with Gasteiger partial charge in [0.25, 0.3) is 0 Å². The van der Waals surface area contributed by atoms with Gasteiger partial charge in [-0.2, -0.15) is 0 Å². The molecule has 218 valence electrons. The van der Waals surface area contributed by atoms with Crippen molar-refractivity contribution in [3.63, 3.8) is 0 Å². The minimum Gasteiger partial charge on any atom is -0.309 e. The van der Waals surface area contributed by atoms with Crippen LogP contribution in [0.3, 0.4) is 0 Å².